The molecule has 2 amide bonds. The van der Waals surface area contributed by atoms with Gasteiger partial charge in [0.2, 0.25) is 0 Å². The standard InChI is InChI=1S/C13H14N6O5S/c1-24-13(21)17-9-6-7(10(11(14)20)19-18-9)16-12-8(25(2,22)23)4-3-5-15-12/h3-6H,1-2H3,(H2,14,20)(H2,15,16,17,18,21). The minimum atomic E-state index is -3.59. The van der Waals surface area contributed by atoms with E-state index in [4.69, 9.17) is 5.73 Å². The van der Waals surface area contributed by atoms with Crippen molar-refractivity contribution in [3.63, 3.8) is 0 Å². The Balaban J connectivity index is 2.49. The first-order valence-electron chi connectivity index (χ1n) is 6.67. The molecule has 0 radical (unpaired) electrons. The second-order valence-corrected chi connectivity index (χ2v) is 6.70. The van der Waals surface area contributed by atoms with Crippen molar-refractivity contribution < 1.29 is 22.7 Å². The van der Waals surface area contributed by atoms with Crippen molar-refractivity contribution in [2.24, 2.45) is 5.73 Å². The molecule has 0 spiro atoms. The largest absolute Gasteiger partial charge is 0.453 e. The molecule has 0 aliphatic heterocycles. The summed E-state index contributed by atoms with van der Waals surface area (Å²) in [5, 5.41) is 12.2. The summed E-state index contributed by atoms with van der Waals surface area (Å²) in [5.41, 5.74) is 4.99. The highest BCUT2D eigenvalue weighted by Crippen LogP contribution is 2.25. The van der Waals surface area contributed by atoms with Gasteiger partial charge in [-0.1, -0.05) is 0 Å². The lowest BCUT2D eigenvalue weighted by atomic mass is 10.3. The Kier molecular flexibility index (Phi) is 5.12. The molecule has 2 rings (SSSR count). The van der Waals surface area contributed by atoms with Crippen molar-refractivity contribution in [1.29, 1.82) is 0 Å². The molecule has 2 heterocycles. The molecule has 25 heavy (non-hydrogen) atoms. The van der Waals surface area contributed by atoms with Gasteiger partial charge in [0.1, 0.15) is 10.7 Å². The van der Waals surface area contributed by atoms with Crippen molar-refractivity contribution in [2.75, 3.05) is 24.0 Å². The number of anilines is 3. The highest BCUT2D eigenvalue weighted by atomic mass is 32.2. The molecule has 0 saturated carbocycles. The number of rotatable bonds is 5. The van der Waals surface area contributed by atoms with Crippen LogP contribution in [0.2, 0.25) is 0 Å². The molecule has 0 aliphatic rings. The summed E-state index contributed by atoms with van der Waals surface area (Å²) in [7, 11) is -2.43. The van der Waals surface area contributed by atoms with Crippen LogP contribution in [0.5, 0.6) is 0 Å². The maximum atomic E-state index is 11.8. The Labute approximate surface area is 142 Å². The van der Waals surface area contributed by atoms with E-state index in [9.17, 15) is 18.0 Å². The molecule has 132 valence electrons. The Morgan fingerprint density at radius 1 is 1.28 bits per heavy atom. The lowest BCUT2D eigenvalue weighted by Gasteiger charge is -2.12. The Hall–Kier alpha value is -3.28. The van der Waals surface area contributed by atoms with Gasteiger partial charge in [-0.2, -0.15) is 0 Å². The number of methoxy groups -OCH3 is 1. The van der Waals surface area contributed by atoms with Crippen LogP contribution in [0.1, 0.15) is 10.5 Å². The van der Waals surface area contributed by atoms with E-state index >= 15 is 0 Å². The quantitative estimate of drug-likeness (QED) is 0.674. The van der Waals surface area contributed by atoms with Crippen LogP contribution in [0.15, 0.2) is 29.3 Å². The molecule has 2 aromatic rings. The number of ether oxygens (including phenoxy) is 1. The number of nitrogens with two attached hydrogens (primary N) is 1. The van der Waals surface area contributed by atoms with E-state index in [0.717, 1.165) is 13.4 Å². The van der Waals surface area contributed by atoms with E-state index in [1.807, 2.05) is 0 Å². The van der Waals surface area contributed by atoms with Crippen LogP contribution in [0.25, 0.3) is 0 Å². The maximum absolute atomic E-state index is 11.8. The molecule has 0 fully saturated rings. The molecule has 4 N–H and O–H groups in total. The topological polar surface area (TPSA) is 166 Å². The summed E-state index contributed by atoms with van der Waals surface area (Å²) in [6.07, 6.45) is 1.57. The molecule has 0 atom stereocenters. The zero-order valence-electron chi connectivity index (χ0n) is 13.2. The highest BCUT2D eigenvalue weighted by molar-refractivity contribution is 7.90. The molecule has 11 nitrogen and oxygen atoms in total. The minimum Gasteiger partial charge on any atom is -0.453 e. The van der Waals surface area contributed by atoms with Gasteiger partial charge in [0.05, 0.1) is 12.8 Å². The van der Waals surface area contributed by atoms with Gasteiger partial charge < -0.3 is 15.8 Å². The third-order valence-electron chi connectivity index (χ3n) is 2.87. The number of hydrogen-bond donors (Lipinski definition) is 3. The fourth-order valence-electron chi connectivity index (χ4n) is 1.80. The van der Waals surface area contributed by atoms with Gasteiger partial charge in [0.15, 0.2) is 21.3 Å². The van der Waals surface area contributed by atoms with E-state index in [0.29, 0.717) is 0 Å². The zero-order chi connectivity index (χ0) is 18.6. The molecule has 2 aromatic heterocycles. The number of aromatic nitrogens is 3. The molecule has 0 saturated heterocycles. The fraction of sp³-hybridized carbons (Fsp3) is 0.154. The normalized spacial score (nSPS) is 10.8. The summed E-state index contributed by atoms with van der Waals surface area (Å²) in [6, 6.07) is 4.03. The van der Waals surface area contributed by atoms with Crippen LogP contribution < -0.4 is 16.4 Å². The van der Waals surface area contributed by atoms with Gasteiger partial charge in [-0.3, -0.25) is 10.1 Å². The van der Waals surface area contributed by atoms with E-state index in [-0.39, 0.29) is 27.9 Å². The predicted molar refractivity (Wildman–Crippen MR) is 87.2 cm³/mol. The first-order chi connectivity index (χ1) is 11.7. The van der Waals surface area contributed by atoms with Crippen molar-refractivity contribution in [3.8, 4) is 0 Å². The van der Waals surface area contributed by atoms with Gasteiger partial charge in [-0.15, -0.1) is 10.2 Å². The summed E-state index contributed by atoms with van der Waals surface area (Å²) >= 11 is 0. The minimum absolute atomic E-state index is 0.0116. The lowest BCUT2D eigenvalue weighted by Crippen LogP contribution is -2.19. The third-order valence-corrected chi connectivity index (χ3v) is 3.99. The van der Waals surface area contributed by atoms with Crippen LogP contribution >= 0.6 is 0 Å². The second kappa shape index (κ2) is 7.09. The van der Waals surface area contributed by atoms with Crippen LogP contribution in [-0.2, 0) is 14.6 Å². The van der Waals surface area contributed by atoms with E-state index < -0.39 is 21.8 Å². The molecule has 0 aliphatic carbocycles. The van der Waals surface area contributed by atoms with E-state index in [1.165, 1.54) is 24.4 Å². The van der Waals surface area contributed by atoms with E-state index in [1.54, 1.807) is 0 Å². The number of pyridine rings is 1. The summed E-state index contributed by atoms with van der Waals surface area (Å²) in [6.45, 7) is 0. The molecular formula is C13H14N6O5S. The van der Waals surface area contributed by atoms with Crippen molar-refractivity contribution in [2.45, 2.75) is 4.90 Å². The van der Waals surface area contributed by atoms with Crippen molar-refractivity contribution >= 4 is 39.2 Å². The zero-order valence-corrected chi connectivity index (χ0v) is 14.0. The van der Waals surface area contributed by atoms with Gasteiger partial charge in [0, 0.05) is 18.5 Å². The SMILES string of the molecule is COC(=O)Nc1cc(Nc2ncccc2S(C)(=O)=O)c(C(N)=O)nn1. The Bertz CT molecular complexity index is 930. The average molecular weight is 366 g/mol. The number of hydrogen-bond acceptors (Lipinski definition) is 9. The monoisotopic (exact) mass is 366 g/mol. The predicted octanol–water partition coefficient (Wildman–Crippen LogP) is 0.296. The van der Waals surface area contributed by atoms with Crippen LogP contribution in [-0.4, -0.2) is 49.0 Å². The second-order valence-electron chi connectivity index (χ2n) is 4.72. The first kappa shape index (κ1) is 18.1. The van der Waals surface area contributed by atoms with Gasteiger partial charge >= 0.3 is 6.09 Å². The number of carbonyl (C=O) groups excluding carboxylic acids is 2. The molecule has 0 aromatic carbocycles. The molecular weight excluding hydrogens is 352 g/mol. The first-order valence-corrected chi connectivity index (χ1v) is 8.56. The van der Waals surface area contributed by atoms with Crippen molar-refractivity contribution in [1.82, 2.24) is 15.2 Å². The summed E-state index contributed by atoms with van der Waals surface area (Å²) < 4.78 is 28.1. The number of sulfone groups is 1. The maximum Gasteiger partial charge on any atom is 0.412 e. The smallest absolute Gasteiger partial charge is 0.412 e. The van der Waals surface area contributed by atoms with Gasteiger partial charge in [-0.05, 0) is 12.1 Å². The number of carbonyl (C=O) groups is 2. The number of nitrogens with one attached hydrogen (secondary N) is 2. The van der Waals surface area contributed by atoms with Crippen LogP contribution in [0, 0.1) is 0 Å². The lowest BCUT2D eigenvalue weighted by molar-refractivity contribution is 0.0995. The number of primary amides is 1. The third kappa shape index (κ3) is 4.38. The summed E-state index contributed by atoms with van der Waals surface area (Å²) in [4.78, 5) is 26.6. The van der Waals surface area contributed by atoms with Crippen LogP contribution in [0.3, 0.4) is 0 Å². The number of amides is 2. The average Bonchev–Trinajstić information content (AvgIpc) is 2.54. The molecule has 0 bridgehead atoms. The van der Waals surface area contributed by atoms with E-state index in [2.05, 4.69) is 30.6 Å². The summed E-state index contributed by atoms with van der Waals surface area (Å²) in [5.74, 6) is -0.989. The Morgan fingerprint density at radius 3 is 2.60 bits per heavy atom. The molecule has 0 unspecified atom stereocenters. The fourth-order valence-corrected chi connectivity index (χ4v) is 2.58. The van der Waals surface area contributed by atoms with Gasteiger partial charge in [-0.25, -0.2) is 18.2 Å². The molecule has 12 heteroatoms. The number of nitrogens with zero attached hydrogens (tertiary/aromatic N) is 3. The van der Waals surface area contributed by atoms with Crippen LogP contribution in [0.4, 0.5) is 22.1 Å². The van der Waals surface area contributed by atoms with Gasteiger partial charge in [0.25, 0.3) is 5.91 Å². The highest BCUT2D eigenvalue weighted by Gasteiger charge is 2.19. The Morgan fingerprint density at radius 2 is 2.00 bits per heavy atom. The van der Waals surface area contributed by atoms with Crippen molar-refractivity contribution in [3.05, 3.63) is 30.1 Å².